The number of aromatic nitrogens is 2. The second kappa shape index (κ2) is 4.91. The predicted molar refractivity (Wildman–Crippen MR) is 76.1 cm³/mol. The lowest BCUT2D eigenvalue weighted by molar-refractivity contribution is 0.627. The number of aryl methyl sites for hydroxylation is 2. The summed E-state index contributed by atoms with van der Waals surface area (Å²) in [6.07, 6.45) is 0. The molecule has 0 aliphatic rings. The van der Waals surface area contributed by atoms with Crippen molar-refractivity contribution in [3.05, 3.63) is 35.3 Å². The van der Waals surface area contributed by atoms with Crippen LogP contribution in [-0.2, 0) is 7.05 Å². The Bertz CT molecular complexity index is 602. The van der Waals surface area contributed by atoms with Crippen molar-refractivity contribution in [2.45, 2.75) is 26.7 Å². The zero-order chi connectivity index (χ0) is 14.2. The van der Waals surface area contributed by atoms with Crippen LogP contribution in [0.4, 0.5) is 21.6 Å². The van der Waals surface area contributed by atoms with E-state index in [0.29, 0.717) is 5.69 Å². The number of nitrogens with zero attached hydrogens (tertiary/aromatic N) is 2. The van der Waals surface area contributed by atoms with Crippen LogP contribution in [0.25, 0.3) is 0 Å². The Balaban J connectivity index is 2.38. The van der Waals surface area contributed by atoms with E-state index in [4.69, 9.17) is 5.73 Å². The van der Waals surface area contributed by atoms with Gasteiger partial charge in [-0.3, -0.25) is 4.68 Å². The Morgan fingerprint density at radius 2 is 2.05 bits per heavy atom. The number of rotatable bonds is 3. The molecule has 0 unspecified atom stereocenters. The van der Waals surface area contributed by atoms with Gasteiger partial charge < -0.3 is 11.1 Å². The Morgan fingerprint density at radius 3 is 2.58 bits per heavy atom. The summed E-state index contributed by atoms with van der Waals surface area (Å²) in [6, 6.07) is 4.61. The van der Waals surface area contributed by atoms with Gasteiger partial charge in [0.15, 0.2) is 5.82 Å². The molecule has 3 N–H and O–H groups in total. The molecule has 102 valence electrons. The van der Waals surface area contributed by atoms with E-state index >= 15 is 0 Å². The number of nitrogens with one attached hydrogen (secondary N) is 1. The van der Waals surface area contributed by atoms with Crippen molar-refractivity contribution >= 4 is 17.2 Å². The summed E-state index contributed by atoms with van der Waals surface area (Å²) in [5.74, 6) is 0.748. The molecule has 0 amide bonds. The maximum Gasteiger partial charge on any atom is 0.152 e. The Labute approximate surface area is 112 Å². The summed E-state index contributed by atoms with van der Waals surface area (Å²) in [6.45, 7) is 5.94. The first-order valence-electron chi connectivity index (χ1n) is 6.25. The lowest BCUT2D eigenvalue weighted by Gasteiger charge is -2.10. The summed E-state index contributed by atoms with van der Waals surface area (Å²) < 4.78 is 14.8. The molecule has 0 fully saturated rings. The number of hydrogen-bond acceptors (Lipinski definition) is 3. The van der Waals surface area contributed by atoms with Crippen LogP contribution >= 0.6 is 0 Å². The molecule has 1 heterocycles. The second-order valence-corrected chi connectivity index (χ2v) is 5.01. The number of anilines is 3. The molecule has 0 saturated carbocycles. The molecular formula is C14H19FN4. The van der Waals surface area contributed by atoms with Crippen molar-refractivity contribution in [3.63, 3.8) is 0 Å². The molecule has 0 aliphatic carbocycles. The lowest BCUT2D eigenvalue weighted by atomic mass is 10.1. The molecule has 1 aromatic carbocycles. The maximum atomic E-state index is 13.1. The van der Waals surface area contributed by atoms with Crippen LogP contribution in [0.15, 0.2) is 18.2 Å². The lowest BCUT2D eigenvalue weighted by Crippen LogP contribution is -2.02. The summed E-state index contributed by atoms with van der Waals surface area (Å²) in [7, 11) is 1.84. The van der Waals surface area contributed by atoms with E-state index < -0.39 is 0 Å². The maximum absolute atomic E-state index is 13.1. The molecule has 0 spiro atoms. The molecule has 19 heavy (non-hydrogen) atoms. The number of nitrogens with two attached hydrogens (primary N) is 1. The van der Waals surface area contributed by atoms with Crippen LogP contribution in [0.5, 0.6) is 0 Å². The van der Waals surface area contributed by atoms with E-state index in [1.807, 2.05) is 27.8 Å². The SMILES string of the molecule is Cc1cc(F)ccc1Nc1c(N)c(C(C)C)nn1C. The molecule has 4 nitrogen and oxygen atoms in total. The fourth-order valence-corrected chi connectivity index (χ4v) is 2.03. The third kappa shape index (κ3) is 2.54. The predicted octanol–water partition coefficient (Wildman–Crippen LogP) is 3.32. The van der Waals surface area contributed by atoms with Crippen molar-refractivity contribution < 1.29 is 4.39 Å². The van der Waals surface area contributed by atoms with Crippen molar-refractivity contribution in [1.82, 2.24) is 9.78 Å². The van der Waals surface area contributed by atoms with Crippen LogP contribution in [0.3, 0.4) is 0 Å². The topological polar surface area (TPSA) is 55.9 Å². The van der Waals surface area contributed by atoms with E-state index in [0.717, 1.165) is 22.8 Å². The van der Waals surface area contributed by atoms with Gasteiger partial charge in [0.2, 0.25) is 0 Å². The van der Waals surface area contributed by atoms with Crippen molar-refractivity contribution in [3.8, 4) is 0 Å². The number of hydrogen-bond donors (Lipinski definition) is 2. The summed E-state index contributed by atoms with van der Waals surface area (Å²) in [5.41, 5.74) is 9.27. The molecule has 0 atom stereocenters. The minimum absolute atomic E-state index is 0.246. The minimum atomic E-state index is -0.246. The molecular weight excluding hydrogens is 243 g/mol. The van der Waals surface area contributed by atoms with Gasteiger partial charge in [-0.15, -0.1) is 0 Å². The third-order valence-electron chi connectivity index (χ3n) is 3.10. The van der Waals surface area contributed by atoms with Crippen LogP contribution < -0.4 is 11.1 Å². The number of nitrogen functional groups attached to an aromatic ring is 1. The number of halogens is 1. The van der Waals surface area contributed by atoms with Crippen LogP contribution in [0.2, 0.25) is 0 Å². The molecule has 2 aromatic rings. The van der Waals surface area contributed by atoms with Gasteiger partial charge in [-0.2, -0.15) is 5.10 Å². The molecule has 2 rings (SSSR count). The summed E-state index contributed by atoms with van der Waals surface area (Å²) in [5, 5.41) is 7.63. The smallest absolute Gasteiger partial charge is 0.152 e. The first-order chi connectivity index (χ1) is 8.90. The summed E-state index contributed by atoms with van der Waals surface area (Å²) >= 11 is 0. The Morgan fingerprint density at radius 1 is 1.37 bits per heavy atom. The van der Waals surface area contributed by atoms with Gasteiger partial charge in [0.1, 0.15) is 5.82 Å². The largest absolute Gasteiger partial charge is 0.394 e. The molecule has 0 aliphatic heterocycles. The zero-order valence-corrected chi connectivity index (χ0v) is 11.7. The highest BCUT2D eigenvalue weighted by Gasteiger charge is 2.16. The average molecular weight is 262 g/mol. The summed E-state index contributed by atoms with van der Waals surface area (Å²) in [4.78, 5) is 0. The normalized spacial score (nSPS) is 11.1. The van der Waals surface area contributed by atoms with Crippen molar-refractivity contribution in [2.24, 2.45) is 7.05 Å². The van der Waals surface area contributed by atoms with Crippen molar-refractivity contribution in [2.75, 3.05) is 11.1 Å². The highest BCUT2D eigenvalue weighted by Crippen LogP contribution is 2.31. The second-order valence-electron chi connectivity index (χ2n) is 5.01. The van der Waals surface area contributed by atoms with Gasteiger partial charge in [0.05, 0.1) is 11.4 Å². The van der Waals surface area contributed by atoms with Crippen LogP contribution in [0, 0.1) is 12.7 Å². The van der Waals surface area contributed by atoms with Gasteiger partial charge in [0, 0.05) is 12.7 Å². The fourth-order valence-electron chi connectivity index (χ4n) is 2.03. The quantitative estimate of drug-likeness (QED) is 0.892. The third-order valence-corrected chi connectivity index (χ3v) is 3.10. The highest BCUT2D eigenvalue weighted by atomic mass is 19.1. The first-order valence-corrected chi connectivity index (χ1v) is 6.25. The van der Waals surface area contributed by atoms with Crippen molar-refractivity contribution in [1.29, 1.82) is 0 Å². The molecule has 5 heteroatoms. The van der Waals surface area contributed by atoms with E-state index in [-0.39, 0.29) is 11.7 Å². The molecule has 1 aromatic heterocycles. The van der Waals surface area contributed by atoms with Gasteiger partial charge in [-0.05, 0) is 36.6 Å². The zero-order valence-electron chi connectivity index (χ0n) is 11.7. The Hall–Kier alpha value is -2.04. The molecule has 0 bridgehead atoms. The van der Waals surface area contributed by atoms with E-state index in [1.165, 1.54) is 12.1 Å². The van der Waals surface area contributed by atoms with E-state index in [1.54, 1.807) is 10.7 Å². The van der Waals surface area contributed by atoms with Crippen LogP contribution in [-0.4, -0.2) is 9.78 Å². The van der Waals surface area contributed by atoms with Crippen LogP contribution in [0.1, 0.15) is 31.0 Å². The van der Waals surface area contributed by atoms with Gasteiger partial charge in [-0.1, -0.05) is 13.8 Å². The number of benzene rings is 1. The standard InChI is InChI=1S/C14H19FN4/c1-8(2)13-12(16)14(19(4)18-13)17-11-6-5-10(15)7-9(11)3/h5-8,17H,16H2,1-4H3. The highest BCUT2D eigenvalue weighted by molar-refractivity contribution is 5.73. The molecule has 0 radical (unpaired) electrons. The Kier molecular flexibility index (Phi) is 3.46. The minimum Gasteiger partial charge on any atom is -0.394 e. The van der Waals surface area contributed by atoms with E-state index in [2.05, 4.69) is 10.4 Å². The van der Waals surface area contributed by atoms with Gasteiger partial charge in [0.25, 0.3) is 0 Å². The first kappa shape index (κ1) is 13.4. The molecule has 0 saturated heterocycles. The van der Waals surface area contributed by atoms with E-state index in [9.17, 15) is 4.39 Å². The van der Waals surface area contributed by atoms with Gasteiger partial charge in [-0.25, -0.2) is 4.39 Å². The average Bonchev–Trinajstić information content (AvgIpc) is 2.60. The van der Waals surface area contributed by atoms with Gasteiger partial charge >= 0.3 is 0 Å². The fraction of sp³-hybridized carbons (Fsp3) is 0.357. The monoisotopic (exact) mass is 262 g/mol.